The van der Waals surface area contributed by atoms with Crippen molar-refractivity contribution in [3.63, 3.8) is 0 Å². The third-order valence-electron chi connectivity index (χ3n) is 6.87. The van der Waals surface area contributed by atoms with E-state index in [2.05, 4.69) is 17.1 Å². The van der Waals surface area contributed by atoms with Crippen LogP contribution in [0.25, 0.3) is 33.6 Å². The monoisotopic (exact) mass is 619 g/mol. The molecule has 10 heteroatoms. The van der Waals surface area contributed by atoms with E-state index in [1.165, 1.54) is 0 Å². The van der Waals surface area contributed by atoms with Crippen molar-refractivity contribution in [1.82, 2.24) is 19.7 Å². The Kier molecular flexibility index (Phi) is 11.3. The van der Waals surface area contributed by atoms with E-state index in [0.29, 0.717) is 30.0 Å². The molecule has 2 heterocycles. The van der Waals surface area contributed by atoms with Gasteiger partial charge in [0, 0.05) is 70.5 Å². The molecular formula is C34H36KN4O5. The molecule has 0 saturated carbocycles. The van der Waals surface area contributed by atoms with Crippen molar-refractivity contribution in [2.75, 3.05) is 7.11 Å². The van der Waals surface area contributed by atoms with E-state index in [-0.39, 0.29) is 69.2 Å². The summed E-state index contributed by atoms with van der Waals surface area (Å²) >= 11 is 0. The van der Waals surface area contributed by atoms with E-state index < -0.39 is 5.76 Å². The topological polar surface area (TPSA) is 112 Å². The van der Waals surface area contributed by atoms with Crippen LogP contribution in [-0.2, 0) is 24.3 Å². The van der Waals surface area contributed by atoms with Gasteiger partial charge in [-0.3, -0.25) is 18.9 Å². The van der Waals surface area contributed by atoms with Gasteiger partial charge < -0.3 is 9.47 Å². The van der Waals surface area contributed by atoms with Gasteiger partial charge in [-0.2, -0.15) is 0 Å². The molecule has 0 unspecified atom stereocenters. The molecule has 0 atom stereocenters. The van der Waals surface area contributed by atoms with Crippen LogP contribution >= 0.6 is 0 Å². The zero-order valence-corrected chi connectivity index (χ0v) is 29.3. The van der Waals surface area contributed by atoms with Gasteiger partial charge in [-0.15, -0.1) is 0 Å². The number of H-pyrrole nitrogens is 1. The maximum Gasteiger partial charge on any atom is 0.439 e. The second kappa shape index (κ2) is 14.8. The van der Waals surface area contributed by atoms with Crippen LogP contribution in [0.2, 0.25) is 0 Å². The first-order chi connectivity index (χ1) is 20.7. The van der Waals surface area contributed by atoms with E-state index >= 15 is 0 Å². The molecule has 0 spiro atoms. The van der Waals surface area contributed by atoms with E-state index in [1.54, 1.807) is 11.7 Å². The summed E-state index contributed by atoms with van der Waals surface area (Å²) in [6.45, 7) is 8.66. The molecule has 0 aliphatic heterocycles. The number of aromatic amines is 1. The van der Waals surface area contributed by atoms with Crippen LogP contribution in [0.1, 0.15) is 51.2 Å². The molecule has 0 aliphatic carbocycles. The molecule has 1 radical (unpaired) electrons. The number of hydrogen-bond acceptors (Lipinski definition) is 7. The predicted octanol–water partition coefficient (Wildman–Crippen LogP) is 5.86. The summed E-state index contributed by atoms with van der Waals surface area (Å²) in [5.74, 6) is 1.22. The van der Waals surface area contributed by atoms with Crippen LogP contribution in [0.15, 0.2) is 86.9 Å². The zero-order valence-electron chi connectivity index (χ0n) is 26.1. The normalized spacial score (nSPS) is 11.3. The van der Waals surface area contributed by atoms with Gasteiger partial charge in [-0.1, -0.05) is 72.7 Å². The molecule has 0 saturated heterocycles. The molecule has 1 N–H and O–H groups in total. The fraction of sp³-hybridized carbons (Fsp3) is 0.294. The molecular weight excluding hydrogens is 583 g/mol. The average molecular weight is 620 g/mol. The van der Waals surface area contributed by atoms with E-state index in [9.17, 15) is 9.59 Å². The quantitative estimate of drug-likeness (QED) is 0.195. The summed E-state index contributed by atoms with van der Waals surface area (Å²) in [5, 5.41) is 3.85. The first kappa shape index (κ1) is 33.8. The second-order valence-electron chi connectivity index (χ2n) is 11.3. The summed E-state index contributed by atoms with van der Waals surface area (Å²) in [4.78, 5) is 33.3. The number of nitrogens with one attached hydrogen (secondary N) is 1. The molecule has 5 rings (SSSR count). The van der Waals surface area contributed by atoms with Crippen molar-refractivity contribution in [3.8, 4) is 39.4 Å². The van der Waals surface area contributed by atoms with Gasteiger partial charge in [0.2, 0.25) is 0 Å². The van der Waals surface area contributed by atoms with Crippen molar-refractivity contribution >= 4 is 51.4 Å². The maximum atomic E-state index is 14.2. The molecule has 0 aliphatic rings. The smallest absolute Gasteiger partial charge is 0.439 e. The standard InChI is InChI=1S/C34H36N4O5.K/c1-6-9-29-35-28(21-41-5)30(24-16-18-25(19-17-24)42-34(2,3)4)32(39)38(29)20-22-12-14-23(15-13-22)26-10-7-8-11-27(26)31-36-33(40)43-37-31;/h7-8,10-19H,6,9,20-21H2,1-5H3,(H,36,37,40);. The minimum atomic E-state index is -0.604. The Bertz CT molecular complexity index is 1820. The molecule has 9 nitrogen and oxygen atoms in total. The van der Waals surface area contributed by atoms with Crippen LogP contribution < -0.4 is 16.1 Å². The number of benzene rings is 3. The van der Waals surface area contributed by atoms with Crippen LogP contribution in [-0.4, -0.2) is 83.8 Å². The largest absolute Gasteiger partial charge is 0.488 e. The Morgan fingerprint density at radius 1 is 0.909 bits per heavy atom. The van der Waals surface area contributed by atoms with Crippen LogP contribution in [0.4, 0.5) is 0 Å². The number of methoxy groups -OCH3 is 1. The van der Waals surface area contributed by atoms with Gasteiger partial charge in [-0.05, 0) is 61.6 Å². The fourth-order valence-electron chi connectivity index (χ4n) is 5.06. The van der Waals surface area contributed by atoms with Gasteiger partial charge in [0.25, 0.3) is 5.56 Å². The fourth-order valence-corrected chi connectivity index (χ4v) is 5.06. The zero-order chi connectivity index (χ0) is 30.6. The molecule has 0 fully saturated rings. The van der Waals surface area contributed by atoms with Crippen LogP contribution in [0.3, 0.4) is 0 Å². The van der Waals surface area contributed by atoms with Crippen molar-refractivity contribution in [3.05, 3.63) is 111 Å². The van der Waals surface area contributed by atoms with Gasteiger partial charge in [0.15, 0.2) is 5.82 Å². The molecule has 3 aromatic carbocycles. The number of aryl methyl sites for hydroxylation is 1. The SMILES string of the molecule is CCCc1nc(COC)c(-c2ccc(OC(C)(C)C)cc2)c(=O)n1Cc1ccc(-c2ccccc2-c2noc(=O)[nH]2)cc1.[K]. The van der Waals surface area contributed by atoms with Gasteiger partial charge in [-0.25, -0.2) is 9.78 Å². The Balaban J connectivity index is 0.00000442. The minimum Gasteiger partial charge on any atom is -0.488 e. The summed E-state index contributed by atoms with van der Waals surface area (Å²) in [6.07, 6.45) is 1.50. The summed E-state index contributed by atoms with van der Waals surface area (Å²) in [6, 6.07) is 23.2. The number of hydrogen-bond donors (Lipinski definition) is 1. The molecule has 5 aromatic rings. The van der Waals surface area contributed by atoms with E-state index in [1.807, 2.05) is 93.6 Å². The van der Waals surface area contributed by atoms with Gasteiger partial charge in [0.1, 0.15) is 17.2 Å². The molecule has 0 amide bonds. The average Bonchev–Trinajstić information content (AvgIpc) is 3.42. The Hall–Kier alpha value is -3.12. The summed E-state index contributed by atoms with van der Waals surface area (Å²) in [7, 11) is 1.61. The maximum absolute atomic E-state index is 14.2. The summed E-state index contributed by atoms with van der Waals surface area (Å²) in [5.41, 5.74) is 5.02. The third kappa shape index (κ3) is 7.93. The van der Waals surface area contributed by atoms with Crippen molar-refractivity contribution in [2.24, 2.45) is 0 Å². The van der Waals surface area contributed by atoms with Crippen molar-refractivity contribution < 1.29 is 14.0 Å². The Morgan fingerprint density at radius 2 is 1.57 bits per heavy atom. The molecule has 2 aromatic heterocycles. The number of ether oxygens (including phenoxy) is 2. The minimum absolute atomic E-state index is 0. The first-order valence-electron chi connectivity index (χ1n) is 14.3. The van der Waals surface area contributed by atoms with Gasteiger partial charge >= 0.3 is 5.76 Å². The molecule has 223 valence electrons. The summed E-state index contributed by atoms with van der Waals surface area (Å²) < 4.78 is 17.9. The second-order valence-corrected chi connectivity index (χ2v) is 11.3. The first-order valence-corrected chi connectivity index (χ1v) is 14.3. The number of nitrogens with zero attached hydrogens (tertiary/aromatic N) is 3. The van der Waals surface area contributed by atoms with Crippen molar-refractivity contribution in [2.45, 2.75) is 59.3 Å². The van der Waals surface area contributed by atoms with Crippen LogP contribution in [0.5, 0.6) is 5.75 Å². The Morgan fingerprint density at radius 3 is 2.16 bits per heavy atom. The predicted molar refractivity (Wildman–Crippen MR) is 172 cm³/mol. The number of aromatic nitrogens is 4. The Labute approximate surface area is 299 Å². The molecule has 44 heavy (non-hydrogen) atoms. The molecule has 0 bridgehead atoms. The van der Waals surface area contributed by atoms with Gasteiger partial charge in [0.05, 0.1) is 24.4 Å². The van der Waals surface area contributed by atoms with E-state index in [0.717, 1.165) is 45.8 Å². The van der Waals surface area contributed by atoms with Crippen LogP contribution in [0, 0.1) is 0 Å². The third-order valence-corrected chi connectivity index (χ3v) is 6.87. The van der Waals surface area contributed by atoms with E-state index in [4.69, 9.17) is 19.0 Å². The number of rotatable bonds is 10. The van der Waals surface area contributed by atoms with Crippen molar-refractivity contribution in [1.29, 1.82) is 0 Å².